The van der Waals surface area contributed by atoms with Crippen molar-refractivity contribution in [2.75, 3.05) is 0 Å². The minimum atomic E-state index is 0.554. The van der Waals surface area contributed by atoms with Gasteiger partial charge in [0.05, 0.1) is 40.5 Å². The average Bonchev–Trinajstić information content (AvgIpc) is 4.10. The van der Waals surface area contributed by atoms with E-state index in [1.54, 1.807) is 36.4 Å². The lowest BCUT2D eigenvalue weighted by atomic mass is 9.97. The summed E-state index contributed by atoms with van der Waals surface area (Å²) in [6.45, 7) is 0. The molecule has 0 aliphatic carbocycles. The van der Waals surface area contributed by atoms with Crippen LogP contribution in [0.2, 0.25) is 0 Å². The van der Waals surface area contributed by atoms with Gasteiger partial charge in [-0.05, 0) is 70.5 Å². The van der Waals surface area contributed by atoms with E-state index in [0.717, 1.165) is 80.7 Å². The Bertz CT molecular complexity index is 2900. The highest BCUT2D eigenvalue weighted by molar-refractivity contribution is 6.37. The molecule has 0 radical (unpaired) electrons. The van der Waals surface area contributed by atoms with Gasteiger partial charge in [0.25, 0.3) is 0 Å². The molecule has 5 heterocycles. The van der Waals surface area contributed by atoms with Crippen molar-refractivity contribution in [3.63, 3.8) is 0 Å². The molecule has 0 fully saturated rings. The summed E-state index contributed by atoms with van der Waals surface area (Å²) in [6, 6.07) is 33.8. The fraction of sp³-hybridized carbons (Fsp3) is 0. The van der Waals surface area contributed by atoms with E-state index in [4.69, 9.17) is 15.0 Å². The van der Waals surface area contributed by atoms with E-state index < -0.39 is 0 Å². The normalized spacial score (nSPS) is 15.6. The van der Waals surface area contributed by atoms with Gasteiger partial charge < -0.3 is 10.1 Å². The molecule has 0 amide bonds. The number of allylic oxidation sites excluding steroid dienone is 8. The zero-order chi connectivity index (χ0) is 38.2. The number of carbonyl (C=O) groups is 3. The Morgan fingerprint density at radius 3 is 1.20 bits per heavy atom. The molecule has 4 aromatic carbocycles. The summed E-state index contributed by atoms with van der Waals surface area (Å²) in [4.78, 5) is 54.3. The SMILES string of the molecule is O=Cc1ccc(C2=C3C=CC(=N3)C(c3ccc(C=O)cc3)=C3C=CC(=N3)C(=c3ccc(=CO)cc3)c3ccc([nH]3)C(c3ccc(C=O)cc3)=C3C=CC2=N3)cc1. The van der Waals surface area contributed by atoms with Crippen LogP contribution in [0.3, 0.4) is 0 Å². The Hall–Kier alpha value is -7.84. The largest absolute Gasteiger partial charge is 0.515 e. The lowest BCUT2D eigenvalue weighted by Gasteiger charge is -2.12. The summed E-state index contributed by atoms with van der Waals surface area (Å²) in [5.74, 6) is 0. The summed E-state index contributed by atoms with van der Waals surface area (Å²) in [7, 11) is 0. The molecule has 8 nitrogen and oxygen atoms in total. The zero-order valence-electron chi connectivity index (χ0n) is 29.7. The monoisotopic (exact) mass is 726 g/mol. The van der Waals surface area contributed by atoms with Crippen molar-refractivity contribution in [3.8, 4) is 0 Å². The molecule has 2 N–H and O–H groups in total. The molecule has 0 saturated heterocycles. The van der Waals surface area contributed by atoms with Crippen LogP contribution in [-0.2, 0) is 0 Å². The molecule has 0 atom stereocenters. The minimum Gasteiger partial charge on any atom is -0.515 e. The summed E-state index contributed by atoms with van der Waals surface area (Å²) < 4.78 is 0. The number of rotatable bonds is 6. The number of aromatic amines is 1. The van der Waals surface area contributed by atoms with Crippen molar-refractivity contribution in [2.24, 2.45) is 15.0 Å². The maximum Gasteiger partial charge on any atom is 0.150 e. The average molecular weight is 727 g/mol. The van der Waals surface area contributed by atoms with Crippen molar-refractivity contribution >= 4 is 64.5 Å². The molecule has 0 spiro atoms. The second kappa shape index (κ2) is 14.2. The molecule has 9 rings (SSSR count). The molecule has 8 heteroatoms. The maximum atomic E-state index is 11.6. The third-order valence-corrected chi connectivity index (χ3v) is 10.0. The van der Waals surface area contributed by atoms with Gasteiger partial charge in [-0.2, -0.15) is 0 Å². The van der Waals surface area contributed by atoms with E-state index in [1.807, 2.05) is 109 Å². The maximum absolute atomic E-state index is 11.6. The number of aliphatic hydroxyl groups is 1. The molecule has 4 aliphatic heterocycles. The predicted molar refractivity (Wildman–Crippen MR) is 221 cm³/mol. The molecular weight excluding hydrogens is 697 g/mol. The Labute approximate surface area is 321 Å². The number of benzene rings is 4. The van der Waals surface area contributed by atoms with Crippen molar-refractivity contribution in [1.82, 2.24) is 4.98 Å². The van der Waals surface area contributed by atoms with Crippen molar-refractivity contribution in [3.05, 3.63) is 218 Å². The summed E-state index contributed by atoms with van der Waals surface area (Å²) in [6.07, 6.45) is 15.4. The highest BCUT2D eigenvalue weighted by Crippen LogP contribution is 2.37. The van der Waals surface area contributed by atoms with E-state index in [-0.39, 0.29) is 0 Å². The van der Waals surface area contributed by atoms with Gasteiger partial charge in [0, 0.05) is 55.6 Å². The van der Waals surface area contributed by atoms with Crippen LogP contribution in [0.1, 0.15) is 59.2 Å². The van der Waals surface area contributed by atoms with Gasteiger partial charge in [-0.15, -0.1) is 0 Å². The van der Waals surface area contributed by atoms with E-state index in [2.05, 4.69) is 4.98 Å². The number of nitrogens with one attached hydrogen (secondary N) is 1. The highest BCUT2D eigenvalue weighted by Gasteiger charge is 2.26. The van der Waals surface area contributed by atoms with Gasteiger partial charge in [-0.1, -0.05) is 97.1 Å². The lowest BCUT2D eigenvalue weighted by molar-refractivity contribution is 0.111. The fourth-order valence-electron chi connectivity index (χ4n) is 7.27. The molecule has 8 bridgehead atoms. The van der Waals surface area contributed by atoms with E-state index in [9.17, 15) is 19.5 Å². The van der Waals surface area contributed by atoms with Crippen molar-refractivity contribution < 1.29 is 19.5 Å². The number of aliphatic hydroxyl groups excluding tert-OH is 1. The Balaban J connectivity index is 1.37. The van der Waals surface area contributed by atoms with Gasteiger partial charge in [0.1, 0.15) is 18.9 Å². The van der Waals surface area contributed by atoms with Crippen LogP contribution in [0.4, 0.5) is 0 Å². The molecule has 56 heavy (non-hydrogen) atoms. The summed E-state index contributed by atoms with van der Waals surface area (Å²) in [5, 5.41) is 11.2. The van der Waals surface area contributed by atoms with Crippen LogP contribution >= 0.6 is 0 Å². The first-order valence-corrected chi connectivity index (χ1v) is 17.9. The Kier molecular flexibility index (Phi) is 8.60. The van der Waals surface area contributed by atoms with Gasteiger partial charge >= 0.3 is 0 Å². The molecule has 1 aromatic heterocycles. The van der Waals surface area contributed by atoms with Crippen LogP contribution in [0.5, 0.6) is 0 Å². The highest BCUT2D eigenvalue weighted by atomic mass is 16.2. The third-order valence-electron chi connectivity index (χ3n) is 10.0. The van der Waals surface area contributed by atoms with Gasteiger partial charge in [-0.25, -0.2) is 15.0 Å². The molecule has 0 saturated carbocycles. The number of H-pyrrole nitrogens is 1. The second-order valence-electron chi connectivity index (χ2n) is 13.4. The number of fused-ring (bicyclic) bond motifs is 5. The van der Waals surface area contributed by atoms with Gasteiger partial charge in [0.15, 0.2) is 0 Å². The first kappa shape index (κ1) is 34.0. The standard InChI is InChI=1S/C48H30N4O4/c53-25-29-1-9-33(10-2-29)45-37-17-19-39(49-37)46(34-11-3-30(26-54)4-12-34)41-21-23-43(51-41)48(36-15-7-32(28-56)8-16-36)44-24-22-42(52-44)47(40-20-18-38(45)50-40)35-13-5-31(27-55)6-14-35/h1-28,49,53H. The number of aliphatic imine (C=N–C) groups is 3. The van der Waals surface area contributed by atoms with Crippen molar-refractivity contribution in [1.29, 1.82) is 0 Å². The van der Waals surface area contributed by atoms with Gasteiger partial charge in [-0.3, -0.25) is 14.4 Å². The van der Waals surface area contributed by atoms with E-state index in [1.165, 1.54) is 0 Å². The second-order valence-corrected chi connectivity index (χ2v) is 13.4. The summed E-state index contributed by atoms with van der Waals surface area (Å²) in [5.41, 5.74) is 13.2. The molecule has 4 aliphatic rings. The molecule has 5 aromatic rings. The number of aldehydes is 3. The number of aromatic nitrogens is 1. The molecule has 266 valence electrons. The van der Waals surface area contributed by atoms with Crippen LogP contribution < -0.4 is 10.4 Å². The zero-order valence-corrected chi connectivity index (χ0v) is 29.7. The number of nitrogens with zero attached hydrogens (tertiary/aromatic N) is 3. The number of hydrogen-bond donors (Lipinski definition) is 2. The first-order valence-electron chi connectivity index (χ1n) is 17.9. The van der Waals surface area contributed by atoms with Crippen LogP contribution in [0.25, 0.3) is 28.6 Å². The first-order chi connectivity index (χ1) is 27.5. The summed E-state index contributed by atoms with van der Waals surface area (Å²) >= 11 is 0. The fourth-order valence-corrected chi connectivity index (χ4v) is 7.27. The quantitative estimate of drug-likeness (QED) is 0.175. The Morgan fingerprint density at radius 1 is 0.411 bits per heavy atom. The third kappa shape index (κ3) is 6.11. The van der Waals surface area contributed by atoms with Crippen LogP contribution in [-0.4, -0.2) is 46.1 Å². The number of hydrogen-bond acceptors (Lipinski definition) is 7. The minimum absolute atomic E-state index is 0.554. The molecular formula is C48H30N4O4. The topological polar surface area (TPSA) is 124 Å². The predicted octanol–water partition coefficient (Wildman–Crippen LogP) is 7.58. The van der Waals surface area contributed by atoms with E-state index >= 15 is 0 Å². The lowest BCUT2D eigenvalue weighted by Crippen LogP contribution is -2.16. The smallest absolute Gasteiger partial charge is 0.150 e. The molecule has 0 unspecified atom stereocenters. The van der Waals surface area contributed by atoms with Crippen LogP contribution in [0, 0.1) is 0 Å². The van der Waals surface area contributed by atoms with Crippen molar-refractivity contribution in [2.45, 2.75) is 0 Å². The van der Waals surface area contributed by atoms with E-state index in [0.29, 0.717) is 56.1 Å². The number of carbonyl (C=O) groups excluding carboxylic acids is 3. The van der Waals surface area contributed by atoms with Gasteiger partial charge in [0.2, 0.25) is 0 Å². The van der Waals surface area contributed by atoms with Crippen LogP contribution in [0.15, 0.2) is 178 Å². The Morgan fingerprint density at radius 2 is 0.786 bits per heavy atom.